The fourth-order valence-corrected chi connectivity index (χ4v) is 3.78. The van der Waals surface area contributed by atoms with Crippen LogP contribution in [0.5, 0.6) is 0 Å². The lowest BCUT2D eigenvalue weighted by Gasteiger charge is -2.42. The fourth-order valence-electron chi connectivity index (χ4n) is 3.78. The zero-order chi connectivity index (χ0) is 25.5. The van der Waals surface area contributed by atoms with Crippen LogP contribution >= 0.6 is 0 Å². The van der Waals surface area contributed by atoms with Crippen LogP contribution in [0.25, 0.3) is 0 Å². The van der Waals surface area contributed by atoms with Gasteiger partial charge in [-0.1, -0.05) is 54.6 Å². The molecule has 3 aromatic rings. The van der Waals surface area contributed by atoms with Crippen LogP contribution in [0.4, 0.5) is 0 Å². The molecule has 0 amide bonds. The molecule has 3 aromatic carbocycles. The summed E-state index contributed by atoms with van der Waals surface area (Å²) in [6.07, 6.45) is -6.97. The van der Waals surface area contributed by atoms with Crippen molar-refractivity contribution in [3.63, 3.8) is 0 Å². The molecule has 0 spiro atoms. The summed E-state index contributed by atoms with van der Waals surface area (Å²) in [6, 6.07) is 24.3. The maximum atomic E-state index is 13.0. The van der Waals surface area contributed by atoms with Crippen LogP contribution in [0.3, 0.4) is 0 Å². The largest absolute Gasteiger partial charge is 0.452 e. The second-order valence-electron chi connectivity index (χ2n) is 8.01. The molecule has 5 atom stereocenters. The molecule has 1 fully saturated rings. The fraction of sp³-hybridized carbons (Fsp3) is 0.222. The molecule has 9 nitrogen and oxygen atoms in total. The van der Waals surface area contributed by atoms with Crippen molar-refractivity contribution in [2.24, 2.45) is 5.73 Å². The summed E-state index contributed by atoms with van der Waals surface area (Å²) in [5.41, 5.74) is 6.49. The number of aliphatic hydroxyl groups excluding tert-OH is 1. The third-order valence-corrected chi connectivity index (χ3v) is 5.60. The maximum Gasteiger partial charge on any atom is 0.338 e. The van der Waals surface area contributed by atoms with E-state index in [9.17, 15) is 19.5 Å². The number of nitrogens with two attached hydrogens (primary N) is 1. The molecule has 3 N–H and O–H groups in total. The standard InChI is InChI=1S/C27H25NO8/c28-16-20-21(34-24(29)17-10-4-1-5-11-17)22(35-25(30)18-12-6-2-7-13-18)23(27(32)33-20)36-26(31)19-14-8-3-9-15-19/h1-15,20-23,27,32H,16,28H2/t20-,21-,22+,23+,27+/m1/s1. The zero-order valence-electron chi connectivity index (χ0n) is 19.1. The third-order valence-electron chi connectivity index (χ3n) is 5.60. The van der Waals surface area contributed by atoms with Crippen LogP contribution in [0.1, 0.15) is 31.1 Å². The monoisotopic (exact) mass is 491 g/mol. The lowest BCUT2D eigenvalue weighted by molar-refractivity contribution is -0.277. The quantitative estimate of drug-likeness (QED) is 0.377. The highest BCUT2D eigenvalue weighted by atomic mass is 16.7. The van der Waals surface area contributed by atoms with Gasteiger partial charge in [0, 0.05) is 6.54 Å². The summed E-state index contributed by atoms with van der Waals surface area (Å²) in [6.45, 7) is -0.178. The average Bonchev–Trinajstić information content (AvgIpc) is 2.93. The predicted molar refractivity (Wildman–Crippen MR) is 127 cm³/mol. The first-order chi connectivity index (χ1) is 17.5. The van der Waals surface area contributed by atoms with Crippen LogP contribution in [0.2, 0.25) is 0 Å². The summed E-state index contributed by atoms with van der Waals surface area (Å²) >= 11 is 0. The van der Waals surface area contributed by atoms with Crippen molar-refractivity contribution in [1.29, 1.82) is 0 Å². The van der Waals surface area contributed by atoms with Gasteiger partial charge in [0.2, 0.25) is 0 Å². The van der Waals surface area contributed by atoms with E-state index in [4.69, 9.17) is 24.7 Å². The number of benzene rings is 3. The number of carbonyl (C=O) groups is 3. The molecule has 186 valence electrons. The Labute approximate surface area is 207 Å². The Morgan fingerprint density at radius 2 is 1.00 bits per heavy atom. The molecule has 0 aliphatic carbocycles. The highest BCUT2D eigenvalue weighted by Gasteiger charge is 2.51. The van der Waals surface area contributed by atoms with Gasteiger partial charge in [-0.3, -0.25) is 0 Å². The second kappa shape index (κ2) is 11.6. The van der Waals surface area contributed by atoms with Crippen LogP contribution in [-0.2, 0) is 18.9 Å². The van der Waals surface area contributed by atoms with Crippen LogP contribution in [-0.4, -0.2) is 60.3 Å². The molecular formula is C27H25NO8. The number of hydrogen-bond acceptors (Lipinski definition) is 9. The molecule has 0 aromatic heterocycles. The average molecular weight is 491 g/mol. The SMILES string of the molecule is NC[C@H]1O[C@H](O)[C@@H](OC(=O)c2ccccc2)[C@@H](OC(=O)c2ccccc2)[C@@H]1OC(=O)c1ccccc1. The molecule has 0 unspecified atom stereocenters. The molecule has 1 aliphatic heterocycles. The van der Waals surface area contributed by atoms with Crippen LogP contribution in [0, 0.1) is 0 Å². The van der Waals surface area contributed by atoms with E-state index in [0.29, 0.717) is 0 Å². The van der Waals surface area contributed by atoms with Gasteiger partial charge in [-0.2, -0.15) is 0 Å². The van der Waals surface area contributed by atoms with Gasteiger partial charge in [0.25, 0.3) is 0 Å². The normalized spacial score (nSPS) is 23.3. The topological polar surface area (TPSA) is 134 Å². The number of esters is 3. The highest BCUT2D eigenvalue weighted by molar-refractivity contribution is 5.91. The first kappa shape index (κ1) is 25.1. The summed E-state index contributed by atoms with van der Waals surface area (Å²) < 4.78 is 22.4. The van der Waals surface area contributed by atoms with Gasteiger partial charge in [0.05, 0.1) is 16.7 Å². The summed E-state index contributed by atoms with van der Waals surface area (Å²) in [5.74, 6) is -2.29. The van der Waals surface area contributed by atoms with Gasteiger partial charge in [0.1, 0.15) is 6.10 Å². The van der Waals surface area contributed by atoms with Gasteiger partial charge >= 0.3 is 17.9 Å². The van der Waals surface area contributed by atoms with Gasteiger partial charge in [-0.05, 0) is 36.4 Å². The molecule has 0 bridgehead atoms. The lowest BCUT2D eigenvalue weighted by Crippen LogP contribution is -2.63. The highest BCUT2D eigenvalue weighted by Crippen LogP contribution is 2.29. The Balaban J connectivity index is 1.66. The van der Waals surface area contributed by atoms with E-state index < -0.39 is 48.6 Å². The molecular weight excluding hydrogens is 466 g/mol. The Bertz CT molecular complexity index is 1170. The number of aliphatic hydroxyl groups is 1. The first-order valence-corrected chi connectivity index (χ1v) is 11.3. The minimum atomic E-state index is -1.70. The molecule has 4 rings (SSSR count). The minimum absolute atomic E-state index is 0.178. The maximum absolute atomic E-state index is 13.0. The Kier molecular flexibility index (Phi) is 8.06. The van der Waals surface area contributed by atoms with Gasteiger partial charge in [-0.15, -0.1) is 0 Å². The van der Waals surface area contributed by atoms with E-state index >= 15 is 0 Å². The van der Waals surface area contributed by atoms with Crippen LogP contribution in [0.15, 0.2) is 91.0 Å². The second-order valence-corrected chi connectivity index (χ2v) is 8.01. The van der Waals surface area contributed by atoms with Crippen molar-refractivity contribution in [1.82, 2.24) is 0 Å². The Morgan fingerprint density at radius 1 is 0.639 bits per heavy atom. The van der Waals surface area contributed by atoms with Gasteiger partial charge < -0.3 is 29.8 Å². The van der Waals surface area contributed by atoms with Crippen LogP contribution < -0.4 is 5.73 Å². The summed E-state index contributed by atoms with van der Waals surface area (Å²) in [7, 11) is 0. The molecule has 1 aliphatic rings. The Hall–Kier alpha value is -4.05. The van der Waals surface area contributed by atoms with E-state index in [1.807, 2.05) is 0 Å². The Morgan fingerprint density at radius 3 is 1.39 bits per heavy atom. The van der Waals surface area contributed by atoms with E-state index in [0.717, 1.165) is 0 Å². The minimum Gasteiger partial charge on any atom is -0.452 e. The summed E-state index contributed by atoms with van der Waals surface area (Å²) in [4.78, 5) is 38.6. The van der Waals surface area contributed by atoms with Crippen molar-refractivity contribution in [3.05, 3.63) is 108 Å². The lowest BCUT2D eigenvalue weighted by atomic mass is 9.97. The molecule has 1 heterocycles. The summed E-state index contributed by atoms with van der Waals surface area (Å²) in [5, 5.41) is 10.7. The predicted octanol–water partition coefficient (Wildman–Crippen LogP) is 2.34. The smallest absolute Gasteiger partial charge is 0.338 e. The van der Waals surface area contributed by atoms with E-state index in [1.54, 1.807) is 66.7 Å². The van der Waals surface area contributed by atoms with Gasteiger partial charge in [0.15, 0.2) is 24.6 Å². The number of carbonyl (C=O) groups excluding carboxylic acids is 3. The molecule has 1 saturated heterocycles. The zero-order valence-corrected chi connectivity index (χ0v) is 19.1. The van der Waals surface area contributed by atoms with E-state index in [2.05, 4.69) is 0 Å². The van der Waals surface area contributed by atoms with Crippen molar-refractivity contribution in [3.8, 4) is 0 Å². The first-order valence-electron chi connectivity index (χ1n) is 11.3. The molecule has 36 heavy (non-hydrogen) atoms. The number of rotatable bonds is 7. The number of ether oxygens (including phenoxy) is 4. The van der Waals surface area contributed by atoms with E-state index in [-0.39, 0.29) is 23.2 Å². The van der Waals surface area contributed by atoms with Crippen molar-refractivity contribution in [2.45, 2.75) is 30.7 Å². The van der Waals surface area contributed by atoms with Crippen molar-refractivity contribution < 1.29 is 38.4 Å². The molecule has 9 heteroatoms. The molecule has 0 radical (unpaired) electrons. The van der Waals surface area contributed by atoms with Gasteiger partial charge in [-0.25, -0.2) is 14.4 Å². The number of hydrogen-bond donors (Lipinski definition) is 2. The van der Waals surface area contributed by atoms with Crippen molar-refractivity contribution in [2.75, 3.05) is 6.54 Å². The third kappa shape index (κ3) is 5.77. The molecule has 0 saturated carbocycles. The van der Waals surface area contributed by atoms with E-state index in [1.165, 1.54) is 24.3 Å². The van der Waals surface area contributed by atoms with Crippen molar-refractivity contribution >= 4 is 17.9 Å².